The van der Waals surface area contributed by atoms with E-state index in [1.807, 2.05) is 26.0 Å². The van der Waals surface area contributed by atoms with Gasteiger partial charge in [0.15, 0.2) is 0 Å². The number of amides is 1. The zero-order valence-corrected chi connectivity index (χ0v) is 12.8. The van der Waals surface area contributed by atoms with Gasteiger partial charge >= 0.3 is 0 Å². The lowest BCUT2D eigenvalue weighted by Crippen LogP contribution is -2.36. The van der Waals surface area contributed by atoms with Crippen molar-refractivity contribution < 1.29 is 9.18 Å². The van der Waals surface area contributed by atoms with Crippen molar-refractivity contribution in [2.75, 3.05) is 0 Å². The van der Waals surface area contributed by atoms with Crippen molar-refractivity contribution in [3.8, 4) is 0 Å². The summed E-state index contributed by atoms with van der Waals surface area (Å²) >= 11 is 0. The van der Waals surface area contributed by atoms with Crippen LogP contribution in [-0.2, 0) is 0 Å². The van der Waals surface area contributed by atoms with Gasteiger partial charge in [0, 0.05) is 17.3 Å². The molecule has 114 valence electrons. The highest BCUT2D eigenvalue weighted by molar-refractivity contribution is 5.93. The molecule has 1 fully saturated rings. The fourth-order valence-electron chi connectivity index (χ4n) is 2.77. The molecule has 2 aromatic rings. The predicted octanol–water partition coefficient (Wildman–Crippen LogP) is 3.89. The van der Waals surface area contributed by atoms with Crippen molar-refractivity contribution in [3.05, 3.63) is 65.2 Å². The fraction of sp³-hybridized carbons (Fsp3) is 0.333. The van der Waals surface area contributed by atoms with Crippen molar-refractivity contribution in [2.24, 2.45) is 0 Å². The highest BCUT2D eigenvalue weighted by Gasteiger charge is 2.37. The zero-order valence-electron chi connectivity index (χ0n) is 12.8. The van der Waals surface area contributed by atoms with Gasteiger partial charge in [0.2, 0.25) is 0 Å². The van der Waals surface area contributed by atoms with Gasteiger partial charge in [-0.3, -0.25) is 4.79 Å². The first-order valence-electron chi connectivity index (χ1n) is 7.58. The maximum absolute atomic E-state index is 14.1. The number of rotatable bonds is 4. The van der Waals surface area contributed by atoms with Gasteiger partial charge in [-0.2, -0.15) is 0 Å². The van der Waals surface area contributed by atoms with Crippen LogP contribution in [-0.4, -0.2) is 21.8 Å². The monoisotopic (exact) mass is 298 g/mol. The standard InChI is InChI=1S/C18H19FN2O/c1-12-6-5-9-17(20-12)18(22)21(14-10-11-14)13(2)15-7-3-4-8-16(15)19/h3-9,13-14H,10-11H2,1-2H3. The second-order valence-electron chi connectivity index (χ2n) is 5.81. The van der Waals surface area contributed by atoms with Crippen molar-refractivity contribution in [1.82, 2.24) is 9.88 Å². The number of benzene rings is 1. The molecule has 0 radical (unpaired) electrons. The van der Waals surface area contributed by atoms with E-state index < -0.39 is 0 Å². The lowest BCUT2D eigenvalue weighted by Gasteiger charge is -2.29. The molecule has 0 bridgehead atoms. The molecule has 1 aliphatic rings. The van der Waals surface area contributed by atoms with Crippen LogP contribution in [0.3, 0.4) is 0 Å². The van der Waals surface area contributed by atoms with Crippen molar-refractivity contribution in [2.45, 2.75) is 38.8 Å². The Kier molecular flexibility index (Phi) is 3.92. The van der Waals surface area contributed by atoms with E-state index in [0.29, 0.717) is 11.3 Å². The molecule has 0 aliphatic heterocycles. The van der Waals surface area contributed by atoms with Crippen LogP contribution in [0.15, 0.2) is 42.5 Å². The van der Waals surface area contributed by atoms with E-state index in [1.54, 1.807) is 29.2 Å². The molecule has 0 spiro atoms. The molecule has 22 heavy (non-hydrogen) atoms. The minimum absolute atomic E-state index is 0.123. The first kappa shape index (κ1) is 14.7. The van der Waals surface area contributed by atoms with Gasteiger partial charge in [0.1, 0.15) is 11.5 Å². The number of carbonyl (C=O) groups excluding carboxylic acids is 1. The number of hydrogen-bond donors (Lipinski definition) is 0. The van der Waals surface area contributed by atoms with Crippen molar-refractivity contribution in [3.63, 3.8) is 0 Å². The highest BCUT2D eigenvalue weighted by Crippen LogP contribution is 2.36. The SMILES string of the molecule is Cc1cccc(C(=O)N(C2CC2)C(C)c2ccccc2F)n1. The molecule has 1 amide bonds. The van der Waals surface area contributed by atoms with E-state index in [1.165, 1.54) is 6.07 Å². The summed E-state index contributed by atoms with van der Waals surface area (Å²) < 4.78 is 14.1. The quantitative estimate of drug-likeness (QED) is 0.858. The van der Waals surface area contributed by atoms with Crippen LogP contribution in [0.2, 0.25) is 0 Å². The molecule has 1 saturated carbocycles. The second-order valence-corrected chi connectivity index (χ2v) is 5.81. The number of carbonyl (C=O) groups is 1. The van der Waals surface area contributed by atoms with Crippen LogP contribution in [0.5, 0.6) is 0 Å². The van der Waals surface area contributed by atoms with Crippen LogP contribution in [0, 0.1) is 12.7 Å². The molecule has 1 aromatic carbocycles. The maximum Gasteiger partial charge on any atom is 0.273 e. The lowest BCUT2D eigenvalue weighted by molar-refractivity contribution is 0.0664. The largest absolute Gasteiger partial charge is 0.327 e. The Morgan fingerprint density at radius 2 is 1.95 bits per heavy atom. The molecule has 1 unspecified atom stereocenters. The zero-order chi connectivity index (χ0) is 15.7. The Labute approximate surface area is 129 Å². The van der Waals surface area contributed by atoms with Gasteiger partial charge in [0.05, 0.1) is 6.04 Å². The summed E-state index contributed by atoms with van der Waals surface area (Å²) in [5, 5.41) is 0. The fourth-order valence-corrected chi connectivity index (χ4v) is 2.77. The molecule has 1 aromatic heterocycles. The summed E-state index contributed by atoms with van der Waals surface area (Å²) in [6, 6.07) is 11.9. The Bertz CT molecular complexity index is 697. The van der Waals surface area contributed by atoms with Gasteiger partial charge in [-0.25, -0.2) is 9.37 Å². The Morgan fingerprint density at radius 3 is 2.59 bits per heavy atom. The average molecular weight is 298 g/mol. The summed E-state index contributed by atoms with van der Waals surface area (Å²) in [4.78, 5) is 18.9. The second kappa shape index (κ2) is 5.87. The third kappa shape index (κ3) is 2.86. The molecule has 0 N–H and O–H groups in total. The summed E-state index contributed by atoms with van der Waals surface area (Å²) in [7, 11) is 0. The van der Waals surface area contributed by atoms with Gasteiger partial charge < -0.3 is 4.90 Å². The summed E-state index contributed by atoms with van der Waals surface area (Å²) in [6.07, 6.45) is 1.94. The number of halogens is 1. The number of hydrogen-bond acceptors (Lipinski definition) is 2. The number of aromatic nitrogens is 1. The maximum atomic E-state index is 14.1. The third-order valence-corrected chi connectivity index (χ3v) is 4.05. The molecule has 3 rings (SSSR count). The van der Waals surface area contributed by atoms with Gasteiger partial charge in [-0.1, -0.05) is 24.3 Å². The molecule has 4 heteroatoms. The normalized spacial score (nSPS) is 15.4. The molecule has 1 atom stereocenters. The summed E-state index contributed by atoms with van der Waals surface area (Å²) in [6.45, 7) is 3.74. The van der Waals surface area contributed by atoms with Crippen LogP contribution >= 0.6 is 0 Å². The van der Waals surface area contributed by atoms with Crippen LogP contribution in [0.1, 0.15) is 47.6 Å². The van der Waals surface area contributed by atoms with Crippen molar-refractivity contribution in [1.29, 1.82) is 0 Å². The topological polar surface area (TPSA) is 33.2 Å². The van der Waals surface area contributed by atoms with Gasteiger partial charge in [-0.05, 0) is 44.9 Å². The van der Waals surface area contributed by atoms with Gasteiger partial charge in [0.25, 0.3) is 5.91 Å². The smallest absolute Gasteiger partial charge is 0.273 e. The Balaban J connectivity index is 1.93. The molecule has 0 saturated heterocycles. The number of pyridine rings is 1. The van der Waals surface area contributed by atoms with E-state index in [2.05, 4.69) is 4.98 Å². The third-order valence-electron chi connectivity index (χ3n) is 4.05. The molecule has 1 aliphatic carbocycles. The van der Waals surface area contributed by atoms with Crippen LogP contribution in [0.4, 0.5) is 4.39 Å². The molecular formula is C18H19FN2O. The molecule has 1 heterocycles. The van der Waals surface area contributed by atoms with E-state index in [0.717, 1.165) is 18.5 Å². The Hall–Kier alpha value is -2.23. The minimum Gasteiger partial charge on any atom is -0.327 e. The highest BCUT2D eigenvalue weighted by atomic mass is 19.1. The first-order valence-corrected chi connectivity index (χ1v) is 7.58. The predicted molar refractivity (Wildman–Crippen MR) is 83.0 cm³/mol. The van der Waals surface area contributed by atoms with E-state index >= 15 is 0 Å². The lowest BCUT2D eigenvalue weighted by atomic mass is 10.1. The summed E-state index contributed by atoms with van der Waals surface area (Å²) in [5.41, 5.74) is 1.78. The summed E-state index contributed by atoms with van der Waals surface area (Å²) in [5.74, 6) is -0.396. The number of aryl methyl sites for hydroxylation is 1. The minimum atomic E-state index is -0.302. The van der Waals surface area contributed by atoms with Crippen LogP contribution in [0.25, 0.3) is 0 Å². The molecule has 3 nitrogen and oxygen atoms in total. The van der Waals surface area contributed by atoms with Crippen molar-refractivity contribution >= 4 is 5.91 Å². The van der Waals surface area contributed by atoms with Gasteiger partial charge in [-0.15, -0.1) is 0 Å². The van der Waals surface area contributed by atoms with E-state index in [9.17, 15) is 9.18 Å². The number of nitrogens with zero attached hydrogens (tertiary/aromatic N) is 2. The first-order chi connectivity index (χ1) is 10.6. The molecular weight excluding hydrogens is 279 g/mol. The van der Waals surface area contributed by atoms with E-state index in [-0.39, 0.29) is 23.8 Å². The Morgan fingerprint density at radius 1 is 1.23 bits per heavy atom. The van der Waals surface area contributed by atoms with E-state index in [4.69, 9.17) is 0 Å². The van der Waals surface area contributed by atoms with Crippen LogP contribution < -0.4 is 0 Å². The average Bonchev–Trinajstić information content (AvgIpc) is 3.32.